The summed E-state index contributed by atoms with van der Waals surface area (Å²) in [6, 6.07) is 21.1. The molecule has 1 heterocycles. The minimum atomic E-state index is -3.94. The summed E-state index contributed by atoms with van der Waals surface area (Å²) in [6.07, 6.45) is 0. The van der Waals surface area contributed by atoms with Crippen LogP contribution in [0.3, 0.4) is 0 Å². The summed E-state index contributed by atoms with van der Waals surface area (Å²) >= 11 is 6.03. The zero-order chi connectivity index (χ0) is 20.6. The van der Waals surface area contributed by atoms with Crippen molar-refractivity contribution in [3.05, 3.63) is 94.8 Å². The number of nitrogens with zero attached hydrogens (tertiary/aromatic N) is 3. The fraction of sp³-hybridized carbons (Fsp3) is 0.0909. The van der Waals surface area contributed by atoms with Crippen LogP contribution in [0.4, 0.5) is 0 Å². The maximum absolute atomic E-state index is 13.1. The Balaban J connectivity index is 1.98. The van der Waals surface area contributed by atoms with Gasteiger partial charge in [-0.05, 0) is 62.4 Å². The number of sulfonamides is 1. The van der Waals surface area contributed by atoms with E-state index in [1.165, 1.54) is 0 Å². The molecule has 1 aromatic heterocycles. The number of benzene rings is 3. The van der Waals surface area contributed by atoms with Gasteiger partial charge in [-0.3, -0.25) is 4.57 Å². The number of hydrogen-bond acceptors (Lipinski definition) is 3. The van der Waals surface area contributed by atoms with Crippen LogP contribution >= 0.6 is 11.6 Å². The van der Waals surface area contributed by atoms with E-state index in [1.807, 2.05) is 38.1 Å². The molecule has 0 bridgehead atoms. The molecule has 4 rings (SSSR count). The molecular formula is C22H18ClN3O2S. The number of fused-ring (bicyclic) bond motifs is 1. The molecule has 0 spiro atoms. The van der Waals surface area contributed by atoms with E-state index in [0.29, 0.717) is 16.4 Å². The molecule has 0 aliphatic rings. The molecule has 4 aromatic rings. The fourth-order valence-electron chi connectivity index (χ4n) is 3.11. The number of aryl methyl sites for hydroxylation is 2. The van der Waals surface area contributed by atoms with Gasteiger partial charge in [0.1, 0.15) is 5.82 Å². The predicted octanol–water partition coefficient (Wildman–Crippen LogP) is 4.99. The van der Waals surface area contributed by atoms with Crippen LogP contribution in [0.15, 0.2) is 82.1 Å². The summed E-state index contributed by atoms with van der Waals surface area (Å²) in [5.74, 6) is 0.910. The predicted molar refractivity (Wildman–Crippen MR) is 116 cm³/mol. The Bertz CT molecular complexity index is 1320. The highest BCUT2D eigenvalue weighted by Gasteiger charge is 2.20. The highest BCUT2D eigenvalue weighted by atomic mass is 35.5. The van der Waals surface area contributed by atoms with Crippen LogP contribution in [0.25, 0.3) is 11.0 Å². The van der Waals surface area contributed by atoms with Crippen molar-refractivity contribution in [2.75, 3.05) is 0 Å². The van der Waals surface area contributed by atoms with Gasteiger partial charge in [0, 0.05) is 10.6 Å². The van der Waals surface area contributed by atoms with Gasteiger partial charge in [0.2, 0.25) is 0 Å². The minimum absolute atomic E-state index is 0.136. The summed E-state index contributed by atoms with van der Waals surface area (Å²) in [7, 11) is -3.94. The van der Waals surface area contributed by atoms with Crippen LogP contribution in [0.1, 0.15) is 17.0 Å². The van der Waals surface area contributed by atoms with Crippen molar-refractivity contribution in [2.45, 2.75) is 18.7 Å². The minimum Gasteiger partial charge on any atom is -0.279 e. The van der Waals surface area contributed by atoms with Gasteiger partial charge < -0.3 is 0 Å². The number of para-hydroxylation sites is 2. The molecule has 3 aromatic carbocycles. The Morgan fingerprint density at radius 1 is 0.931 bits per heavy atom. The Labute approximate surface area is 174 Å². The third-order valence-corrected chi connectivity index (χ3v) is 6.10. The van der Waals surface area contributed by atoms with Crippen LogP contribution in [-0.2, 0) is 10.0 Å². The van der Waals surface area contributed by atoms with Crippen LogP contribution in [0.5, 0.6) is 0 Å². The normalized spacial score (nSPS) is 12.4. The quantitative estimate of drug-likeness (QED) is 0.344. The number of hydrogen-bond donors (Lipinski definition) is 0. The second-order valence-electron chi connectivity index (χ2n) is 6.69. The Morgan fingerprint density at radius 3 is 2.28 bits per heavy atom. The summed E-state index contributed by atoms with van der Waals surface area (Å²) in [5, 5.41) is 0.557. The van der Waals surface area contributed by atoms with Crippen LogP contribution in [0, 0.1) is 13.8 Å². The molecule has 0 N–H and O–H groups in total. The van der Waals surface area contributed by atoms with Crippen molar-refractivity contribution < 1.29 is 8.42 Å². The van der Waals surface area contributed by atoms with Crippen LogP contribution < -0.4 is 0 Å². The van der Waals surface area contributed by atoms with E-state index in [2.05, 4.69) is 9.38 Å². The van der Waals surface area contributed by atoms with E-state index in [9.17, 15) is 8.42 Å². The third kappa shape index (κ3) is 3.81. The molecule has 29 heavy (non-hydrogen) atoms. The molecule has 0 saturated heterocycles. The summed E-state index contributed by atoms with van der Waals surface area (Å²) in [6.45, 7) is 3.73. The van der Waals surface area contributed by atoms with Crippen molar-refractivity contribution in [1.82, 2.24) is 9.55 Å². The molecule has 0 unspecified atom stereocenters. The zero-order valence-corrected chi connectivity index (χ0v) is 17.4. The number of rotatable bonds is 3. The standard InChI is InChI=1S/C22H18ClN3O2S/c1-15-7-13-19(14-8-15)29(27,28)25-22(17-9-11-18(23)12-10-17)26-16(2)24-20-5-3-4-6-21(20)26/h3-14H,1-2H3/b25-22+. The maximum atomic E-state index is 13.1. The SMILES string of the molecule is Cc1ccc(S(=O)(=O)/N=C(\c2ccc(Cl)cc2)n2c(C)nc3ccccc32)cc1. The van der Waals surface area contributed by atoms with E-state index in [0.717, 1.165) is 16.6 Å². The molecule has 0 amide bonds. The maximum Gasteiger partial charge on any atom is 0.284 e. The second-order valence-corrected chi connectivity index (χ2v) is 8.73. The fourth-order valence-corrected chi connectivity index (χ4v) is 4.24. The molecule has 146 valence electrons. The van der Waals surface area contributed by atoms with Gasteiger partial charge in [-0.15, -0.1) is 4.40 Å². The second kappa shape index (κ2) is 7.46. The van der Waals surface area contributed by atoms with Crippen molar-refractivity contribution in [3.63, 3.8) is 0 Å². The van der Waals surface area contributed by atoms with Gasteiger partial charge in [0.15, 0.2) is 5.84 Å². The topological polar surface area (TPSA) is 64.3 Å². The molecule has 0 atom stereocenters. The number of aromatic nitrogens is 2. The van der Waals surface area contributed by atoms with Crippen LogP contribution in [-0.4, -0.2) is 23.8 Å². The Morgan fingerprint density at radius 2 is 1.59 bits per heavy atom. The third-order valence-electron chi connectivity index (χ3n) is 4.57. The van der Waals surface area contributed by atoms with E-state index < -0.39 is 10.0 Å². The lowest BCUT2D eigenvalue weighted by atomic mass is 10.2. The summed E-state index contributed by atoms with van der Waals surface area (Å²) < 4.78 is 32.2. The molecular weight excluding hydrogens is 406 g/mol. The zero-order valence-electron chi connectivity index (χ0n) is 15.9. The van der Waals surface area contributed by atoms with Crippen molar-refractivity contribution in [2.24, 2.45) is 4.40 Å². The monoisotopic (exact) mass is 423 g/mol. The first-order valence-corrected chi connectivity index (χ1v) is 10.8. The molecule has 0 saturated carbocycles. The largest absolute Gasteiger partial charge is 0.284 e. The van der Waals surface area contributed by atoms with E-state index in [1.54, 1.807) is 53.1 Å². The number of halogens is 1. The molecule has 0 aliphatic carbocycles. The smallest absolute Gasteiger partial charge is 0.279 e. The first-order valence-electron chi connectivity index (χ1n) is 8.97. The molecule has 0 aliphatic heterocycles. The lowest BCUT2D eigenvalue weighted by molar-refractivity contribution is 0.598. The van der Waals surface area contributed by atoms with Gasteiger partial charge in [0.05, 0.1) is 15.9 Å². The average molecular weight is 424 g/mol. The average Bonchev–Trinajstić information content (AvgIpc) is 3.03. The van der Waals surface area contributed by atoms with Gasteiger partial charge in [0.25, 0.3) is 10.0 Å². The first kappa shape index (κ1) is 19.4. The van der Waals surface area contributed by atoms with E-state index >= 15 is 0 Å². The van der Waals surface area contributed by atoms with Crippen molar-refractivity contribution >= 4 is 38.5 Å². The van der Waals surface area contributed by atoms with Gasteiger partial charge >= 0.3 is 0 Å². The van der Waals surface area contributed by atoms with E-state index in [4.69, 9.17) is 11.6 Å². The lowest BCUT2D eigenvalue weighted by Gasteiger charge is -2.12. The Hall–Kier alpha value is -2.96. The lowest BCUT2D eigenvalue weighted by Crippen LogP contribution is -2.17. The van der Waals surface area contributed by atoms with Crippen molar-refractivity contribution in [3.8, 4) is 0 Å². The molecule has 5 nitrogen and oxygen atoms in total. The molecule has 0 fully saturated rings. The number of imidazole rings is 1. The van der Waals surface area contributed by atoms with Crippen LogP contribution in [0.2, 0.25) is 5.02 Å². The molecule has 7 heteroatoms. The van der Waals surface area contributed by atoms with Crippen molar-refractivity contribution in [1.29, 1.82) is 0 Å². The van der Waals surface area contributed by atoms with E-state index in [-0.39, 0.29) is 10.7 Å². The van der Waals surface area contributed by atoms with Gasteiger partial charge in [-0.2, -0.15) is 8.42 Å². The first-order chi connectivity index (χ1) is 13.8. The summed E-state index contributed by atoms with van der Waals surface area (Å²) in [4.78, 5) is 4.69. The summed E-state index contributed by atoms with van der Waals surface area (Å²) in [5.41, 5.74) is 3.14. The highest BCUT2D eigenvalue weighted by molar-refractivity contribution is 7.90. The molecule has 0 radical (unpaired) electrons. The van der Waals surface area contributed by atoms with Gasteiger partial charge in [-0.1, -0.05) is 41.4 Å². The van der Waals surface area contributed by atoms with Gasteiger partial charge in [-0.25, -0.2) is 4.98 Å². The Kier molecular flexibility index (Phi) is 4.98. The highest BCUT2D eigenvalue weighted by Crippen LogP contribution is 2.22.